The summed E-state index contributed by atoms with van der Waals surface area (Å²) in [5.74, 6) is 0. The first-order valence-electron chi connectivity index (χ1n) is 4.01. The molecule has 1 fully saturated rings. The molecule has 0 saturated carbocycles. The van der Waals surface area contributed by atoms with E-state index >= 15 is 0 Å². The molecule has 3 N–H and O–H groups in total. The molecule has 0 radical (unpaired) electrons. The van der Waals surface area contributed by atoms with Crippen LogP contribution in [0.25, 0.3) is 0 Å². The zero-order valence-electron chi connectivity index (χ0n) is 7.03. The van der Waals surface area contributed by atoms with Crippen molar-refractivity contribution in [1.29, 1.82) is 0 Å². The van der Waals surface area contributed by atoms with Gasteiger partial charge in [-0.15, -0.1) is 0 Å². The first-order chi connectivity index (χ1) is 5.27. The third-order valence-corrected chi connectivity index (χ3v) is 2.33. The fraction of sp³-hybridized carbons (Fsp3) is 1.00. The van der Waals surface area contributed by atoms with Crippen LogP contribution < -0.4 is 5.73 Å². The second kappa shape index (κ2) is 4.01. The summed E-state index contributed by atoms with van der Waals surface area (Å²) in [7, 11) is 2.04. The van der Waals surface area contributed by atoms with E-state index in [1.807, 2.05) is 7.05 Å². The third-order valence-electron chi connectivity index (χ3n) is 2.33. The number of likely N-dealkylation sites (N-methyl/N-ethyl adjacent to an activating group) is 1. The molecular weight excluding hydrogens is 142 g/mol. The van der Waals surface area contributed by atoms with Gasteiger partial charge >= 0.3 is 0 Å². The monoisotopic (exact) mass is 159 g/mol. The lowest BCUT2D eigenvalue weighted by molar-refractivity contribution is 0.0590. The number of nitrogens with zero attached hydrogens (tertiary/aromatic N) is 2. The minimum Gasteiger partial charge on any atom is -0.395 e. The van der Waals surface area contributed by atoms with Crippen LogP contribution in [0.1, 0.15) is 0 Å². The maximum Gasteiger partial charge on any atom is 0.0599 e. The van der Waals surface area contributed by atoms with Crippen molar-refractivity contribution in [2.45, 2.75) is 6.04 Å². The number of hydrogen-bond acceptors (Lipinski definition) is 4. The molecule has 4 nitrogen and oxygen atoms in total. The first-order valence-corrected chi connectivity index (χ1v) is 4.01. The second-order valence-corrected chi connectivity index (χ2v) is 3.08. The molecule has 1 rings (SSSR count). The van der Waals surface area contributed by atoms with E-state index < -0.39 is 0 Å². The lowest BCUT2D eigenvalue weighted by Crippen LogP contribution is -2.54. The standard InChI is InChI=1S/C7H17N3O/c1-9-2-3-10(6-8)4-7(9)5-11/h7,11H,2-6,8H2,1H3. The number of aliphatic hydroxyl groups excluding tert-OH is 1. The van der Waals surface area contributed by atoms with E-state index in [1.165, 1.54) is 0 Å². The number of piperazine rings is 1. The highest BCUT2D eigenvalue weighted by Crippen LogP contribution is 2.04. The van der Waals surface area contributed by atoms with Crippen LogP contribution in [-0.4, -0.2) is 60.9 Å². The molecule has 1 aliphatic heterocycles. The van der Waals surface area contributed by atoms with Crippen molar-refractivity contribution in [3.63, 3.8) is 0 Å². The SMILES string of the molecule is CN1CCN(CN)CC1CO. The summed E-state index contributed by atoms with van der Waals surface area (Å²) < 4.78 is 0. The molecule has 0 amide bonds. The maximum atomic E-state index is 8.97. The predicted octanol–water partition coefficient (Wildman–Crippen LogP) is -1.49. The van der Waals surface area contributed by atoms with E-state index in [0.29, 0.717) is 6.67 Å². The van der Waals surface area contributed by atoms with Crippen LogP contribution in [0.15, 0.2) is 0 Å². The lowest BCUT2D eigenvalue weighted by Gasteiger charge is -2.37. The van der Waals surface area contributed by atoms with Crippen LogP contribution in [0.3, 0.4) is 0 Å². The number of aliphatic hydroxyl groups is 1. The van der Waals surface area contributed by atoms with Crippen LogP contribution in [-0.2, 0) is 0 Å². The highest BCUT2D eigenvalue weighted by molar-refractivity contribution is 4.78. The van der Waals surface area contributed by atoms with Gasteiger partial charge in [0.15, 0.2) is 0 Å². The molecular formula is C7H17N3O. The normalized spacial score (nSPS) is 29.2. The van der Waals surface area contributed by atoms with Gasteiger partial charge in [-0.05, 0) is 7.05 Å². The van der Waals surface area contributed by atoms with E-state index in [9.17, 15) is 0 Å². The average Bonchev–Trinajstić information content (AvgIpc) is 2.05. The van der Waals surface area contributed by atoms with E-state index in [2.05, 4.69) is 9.80 Å². The Hall–Kier alpha value is -0.160. The van der Waals surface area contributed by atoms with Crippen LogP contribution in [0.4, 0.5) is 0 Å². The number of rotatable bonds is 2. The topological polar surface area (TPSA) is 52.7 Å². The Kier molecular flexibility index (Phi) is 3.26. The Bertz CT molecular complexity index is 120. The Morgan fingerprint density at radius 1 is 1.55 bits per heavy atom. The van der Waals surface area contributed by atoms with Gasteiger partial charge in [0.2, 0.25) is 0 Å². The highest BCUT2D eigenvalue weighted by Gasteiger charge is 2.22. The number of hydrogen-bond donors (Lipinski definition) is 2. The smallest absolute Gasteiger partial charge is 0.0599 e. The van der Waals surface area contributed by atoms with Gasteiger partial charge in [0.25, 0.3) is 0 Å². The summed E-state index contributed by atoms with van der Waals surface area (Å²) in [6, 6.07) is 0.271. The van der Waals surface area contributed by atoms with Crippen molar-refractivity contribution in [3.05, 3.63) is 0 Å². The highest BCUT2D eigenvalue weighted by atomic mass is 16.3. The fourth-order valence-corrected chi connectivity index (χ4v) is 1.37. The predicted molar refractivity (Wildman–Crippen MR) is 44.1 cm³/mol. The second-order valence-electron chi connectivity index (χ2n) is 3.08. The van der Waals surface area contributed by atoms with Crippen LogP contribution in [0, 0.1) is 0 Å². The molecule has 11 heavy (non-hydrogen) atoms. The Balaban J connectivity index is 2.37. The minimum atomic E-state index is 0.229. The van der Waals surface area contributed by atoms with Crippen molar-refractivity contribution < 1.29 is 5.11 Å². The van der Waals surface area contributed by atoms with Crippen molar-refractivity contribution in [3.8, 4) is 0 Å². The Morgan fingerprint density at radius 3 is 2.82 bits per heavy atom. The van der Waals surface area contributed by atoms with Gasteiger partial charge < -0.3 is 10.8 Å². The van der Waals surface area contributed by atoms with Gasteiger partial charge in [-0.1, -0.05) is 0 Å². The largest absolute Gasteiger partial charge is 0.395 e. The molecule has 0 spiro atoms. The van der Waals surface area contributed by atoms with Crippen LogP contribution >= 0.6 is 0 Å². The molecule has 1 unspecified atom stereocenters. The molecule has 4 heteroatoms. The van der Waals surface area contributed by atoms with Gasteiger partial charge in [-0.25, -0.2) is 0 Å². The summed E-state index contributed by atoms with van der Waals surface area (Å²) in [5, 5.41) is 8.97. The average molecular weight is 159 g/mol. The molecule has 0 aromatic carbocycles. The number of nitrogens with two attached hydrogens (primary N) is 1. The zero-order valence-corrected chi connectivity index (χ0v) is 7.03. The van der Waals surface area contributed by atoms with Crippen LogP contribution in [0.5, 0.6) is 0 Å². The summed E-state index contributed by atoms with van der Waals surface area (Å²) in [6.07, 6.45) is 0. The summed E-state index contributed by atoms with van der Waals surface area (Å²) in [4.78, 5) is 4.33. The van der Waals surface area contributed by atoms with Gasteiger partial charge in [-0.2, -0.15) is 0 Å². The Morgan fingerprint density at radius 2 is 2.27 bits per heavy atom. The first kappa shape index (κ1) is 8.93. The van der Waals surface area contributed by atoms with E-state index in [-0.39, 0.29) is 12.6 Å². The molecule has 0 aromatic rings. The van der Waals surface area contributed by atoms with E-state index in [4.69, 9.17) is 10.8 Å². The fourth-order valence-electron chi connectivity index (χ4n) is 1.37. The van der Waals surface area contributed by atoms with Gasteiger partial charge in [-0.3, -0.25) is 9.80 Å². The quantitative estimate of drug-likeness (QED) is 0.515. The summed E-state index contributed by atoms with van der Waals surface area (Å²) >= 11 is 0. The maximum absolute atomic E-state index is 8.97. The molecule has 1 saturated heterocycles. The zero-order chi connectivity index (χ0) is 8.27. The summed E-state index contributed by atoms with van der Waals surface area (Å²) in [5.41, 5.74) is 5.49. The minimum absolute atomic E-state index is 0.229. The molecule has 1 aliphatic rings. The van der Waals surface area contributed by atoms with Crippen LogP contribution in [0.2, 0.25) is 0 Å². The molecule has 66 valence electrons. The molecule has 1 atom stereocenters. The summed E-state index contributed by atoms with van der Waals surface area (Å²) in [6.45, 7) is 3.74. The van der Waals surface area contributed by atoms with Crippen molar-refractivity contribution in [2.75, 3.05) is 40.0 Å². The van der Waals surface area contributed by atoms with Crippen molar-refractivity contribution >= 4 is 0 Å². The van der Waals surface area contributed by atoms with Gasteiger partial charge in [0.1, 0.15) is 0 Å². The van der Waals surface area contributed by atoms with Crippen molar-refractivity contribution in [1.82, 2.24) is 9.80 Å². The molecule has 0 aliphatic carbocycles. The Labute approximate surface area is 67.6 Å². The van der Waals surface area contributed by atoms with Crippen molar-refractivity contribution in [2.24, 2.45) is 5.73 Å². The van der Waals surface area contributed by atoms with Gasteiger partial charge in [0, 0.05) is 32.3 Å². The van der Waals surface area contributed by atoms with Gasteiger partial charge in [0.05, 0.1) is 6.61 Å². The molecule has 0 aromatic heterocycles. The lowest BCUT2D eigenvalue weighted by atomic mass is 10.2. The molecule has 0 bridgehead atoms. The van der Waals surface area contributed by atoms with E-state index in [0.717, 1.165) is 19.6 Å². The third kappa shape index (κ3) is 2.13. The molecule has 1 heterocycles. The van der Waals surface area contributed by atoms with E-state index in [1.54, 1.807) is 0 Å².